The number of alkyl halides is 3. The van der Waals surface area contributed by atoms with E-state index in [0.717, 1.165) is 18.1 Å². The first-order valence-electron chi connectivity index (χ1n) is 15.7. The summed E-state index contributed by atoms with van der Waals surface area (Å²) < 4.78 is 61.9. The summed E-state index contributed by atoms with van der Waals surface area (Å²) in [5, 5.41) is 26.7. The minimum Gasteiger partial charge on any atom is -0.504 e. The lowest BCUT2D eigenvalue weighted by Crippen LogP contribution is -2.69. The monoisotopic (exact) mass is 687 g/mol. The normalized spacial score (nSPS) is 24.4. The Morgan fingerprint density at radius 1 is 1.14 bits per heavy atom. The van der Waals surface area contributed by atoms with Crippen LogP contribution >= 0.6 is 0 Å². The SMILES string of the molecule is COc1c(C)cc2c(c1O)[C@@H]1C3Cc4c(OC(C)=O)c(C)c5c(c4[C@H](CNC(=O)[C@H](C)NC(=O)C(F)(F)F)N3[C@@H](C#N)[C@H](C2)N1C)OCO5. The van der Waals surface area contributed by atoms with Crippen molar-refractivity contribution in [2.24, 2.45) is 0 Å². The minimum atomic E-state index is -5.19. The third-order valence-electron chi connectivity index (χ3n) is 9.98. The molecule has 3 N–H and O–H groups in total. The molecule has 49 heavy (non-hydrogen) atoms. The second-order valence-corrected chi connectivity index (χ2v) is 12.8. The molecule has 4 heterocycles. The first kappa shape index (κ1) is 34.1. The highest BCUT2D eigenvalue weighted by Crippen LogP contribution is 2.58. The molecule has 13 nitrogen and oxygen atoms in total. The predicted molar refractivity (Wildman–Crippen MR) is 164 cm³/mol. The van der Waals surface area contributed by atoms with Crippen molar-refractivity contribution in [3.8, 4) is 34.8 Å². The van der Waals surface area contributed by atoms with E-state index in [2.05, 4.69) is 11.4 Å². The number of ether oxygens (including phenoxy) is 4. The maximum Gasteiger partial charge on any atom is 0.471 e. The zero-order chi connectivity index (χ0) is 35.7. The van der Waals surface area contributed by atoms with Crippen LogP contribution in [0, 0.1) is 25.2 Å². The third-order valence-corrected chi connectivity index (χ3v) is 9.98. The number of amides is 2. The molecule has 262 valence electrons. The Morgan fingerprint density at radius 3 is 2.47 bits per heavy atom. The molecule has 0 aliphatic carbocycles. The number of fused-ring (bicyclic) bond motifs is 9. The molecule has 2 aromatic carbocycles. The molecule has 6 rings (SSSR count). The molecular weight excluding hydrogens is 651 g/mol. The molecule has 4 aliphatic rings. The molecule has 0 saturated carbocycles. The van der Waals surface area contributed by atoms with Crippen molar-refractivity contribution in [2.45, 2.75) is 83.0 Å². The summed E-state index contributed by atoms with van der Waals surface area (Å²) in [7, 11) is 3.34. The highest BCUT2D eigenvalue weighted by atomic mass is 19.4. The summed E-state index contributed by atoms with van der Waals surface area (Å²) in [5.74, 6) is -2.58. The number of piperazine rings is 1. The topological polar surface area (TPSA) is 163 Å². The van der Waals surface area contributed by atoms with Crippen LogP contribution < -0.4 is 29.6 Å². The number of carbonyl (C=O) groups is 3. The molecule has 2 aromatic rings. The van der Waals surface area contributed by atoms with Crippen LogP contribution in [0.25, 0.3) is 0 Å². The number of esters is 1. The predicted octanol–water partition coefficient (Wildman–Crippen LogP) is 2.63. The minimum absolute atomic E-state index is 0.0323. The van der Waals surface area contributed by atoms with E-state index in [4.69, 9.17) is 18.9 Å². The highest BCUT2D eigenvalue weighted by molar-refractivity contribution is 5.89. The molecule has 4 aliphatic heterocycles. The largest absolute Gasteiger partial charge is 0.504 e. The fourth-order valence-corrected chi connectivity index (χ4v) is 8.01. The quantitative estimate of drug-likeness (QED) is 0.302. The van der Waals surface area contributed by atoms with E-state index in [0.29, 0.717) is 45.9 Å². The smallest absolute Gasteiger partial charge is 0.471 e. The van der Waals surface area contributed by atoms with Gasteiger partial charge in [-0.15, -0.1) is 0 Å². The molecule has 0 aromatic heterocycles. The lowest BCUT2D eigenvalue weighted by molar-refractivity contribution is -0.174. The van der Waals surface area contributed by atoms with Gasteiger partial charge in [0.1, 0.15) is 17.8 Å². The molecule has 1 fully saturated rings. The van der Waals surface area contributed by atoms with Crippen LogP contribution in [0.4, 0.5) is 13.2 Å². The number of aryl methyl sites for hydroxylation is 1. The van der Waals surface area contributed by atoms with Gasteiger partial charge in [-0.25, -0.2) is 0 Å². The maximum atomic E-state index is 13.2. The van der Waals surface area contributed by atoms with Gasteiger partial charge in [0.25, 0.3) is 0 Å². The van der Waals surface area contributed by atoms with Crippen LogP contribution in [-0.4, -0.2) is 90.5 Å². The van der Waals surface area contributed by atoms with Gasteiger partial charge in [-0.1, -0.05) is 6.07 Å². The number of hydrogen-bond acceptors (Lipinski definition) is 11. The average molecular weight is 688 g/mol. The fourth-order valence-electron chi connectivity index (χ4n) is 8.01. The Balaban J connectivity index is 1.52. The molecule has 2 bridgehead atoms. The Labute approximate surface area is 279 Å². The molecule has 1 saturated heterocycles. The Morgan fingerprint density at radius 2 is 1.84 bits per heavy atom. The fraction of sp³-hybridized carbons (Fsp3) is 0.515. The number of aromatic hydroxyl groups is 1. The van der Waals surface area contributed by atoms with Gasteiger partial charge < -0.3 is 34.7 Å². The molecule has 2 amide bonds. The number of benzene rings is 2. The zero-order valence-electron chi connectivity index (χ0n) is 27.7. The van der Waals surface area contributed by atoms with Gasteiger partial charge in [0.05, 0.1) is 25.3 Å². The number of likely N-dealkylation sites (N-methyl/N-ethyl adjacent to an activating group) is 1. The summed E-state index contributed by atoms with van der Waals surface area (Å²) in [6.45, 7) is 5.55. The van der Waals surface area contributed by atoms with Crippen LogP contribution in [-0.2, 0) is 27.2 Å². The van der Waals surface area contributed by atoms with E-state index in [-0.39, 0.29) is 37.3 Å². The number of methoxy groups -OCH3 is 1. The maximum absolute atomic E-state index is 13.2. The van der Waals surface area contributed by atoms with Crippen LogP contribution in [0.15, 0.2) is 6.07 Å². The van der Waals surface area contributed by atoms with Gasteiger partial charge >= 0.3 is 18.1 Å². The first-order valence-corrected chi connectivity index (χ1v) is 15.7. The molecule has 16 heteroatoms. The van der Waals surface area contributed by atoms with Crippen molar-refractivity contribution >= 4 is 17.8 Å². The number of halogens is 3. The Hall–Kier alpha value is -4.75. The number of phenolic OH excluding ortho intramolecular Hbond substituents is 1. The standard InChI is InChI=1S/C33H36F3N5O8/c1-13-7-17-8-19-21(10-37)41-20(25(40(19)5)23(17)26(43)27(13)46-6)9-18-24(30-29(47-12-48-30)14(2)28(18)49-16(4)42)22(41)11-38-31(44)15(3)39-32(45)33(34,35)36/h7,15,19-22,25,43H,8-9,11-12H2,1-6H3,(H,38,44)(H,39,45)/t15-,19-,20?,21-,22-,25-/m0/s1. The van der Waals surface area contributed by atoms with E-state index < -0.39 is 54.2 Å². The van der Waals surface area contributed by atoms with Crippen molar-refractivity contribution in [3.63, 3.8) is 0 Å². The lowest BCUT2D eigenvalue weighted by Gasteiger charge is -2.60. The summed E-state index contributed by atoms with van der Waals surface area (Å²) in [5.41, 5.74) is 3.76. The molecule has 0 radical (unpaired) electrons. The van der Waals surface area contributed by atoms with Gasteiger partial charge in [-0.3, -0.25) is 24.2 Å². The summed E-state index contributed by atoms with van der Waals surface area (Å²) in [6.07, 6.45) is -4.57. The van der Waals surface area contributed by atoms with Crippen LogP contribution in [0.3, 0.4) is 0 Å². The van der Waals surface area contributed by atoms with Gasteiger partial charge in [0.15, 0.2) is 23.0 Å². The molecule has 6 atom stereocenters. The van der Waals surface area contributed by atoms with E-state index in [1.54, 1.807) is 12.2 Å². The van der Waals surface area contributed by atoms with Crippen LogP contribution in [0.2, 0.25) is 0 Å². The first-order chi connectivity index (χ1) is 23.1. The van der Waals surface area contributed by atoms with Crippen molar-refractivity contribution in [1.82, 2.24) is 20.4 Å². The lowest BCUT2D eigenvalue weighted by atomic mass is 9.71. The van der Waals surface area contributed by atoms with E-state index in [1.165, 1.54) is 14.0 Å². The number of rotatable bonds is 6. The summed E-state index contributed by atoms with van der Waals surface area (Å²) in [6, 6.07) is -0.231. The number of hydrogen-bond donors (Lipinski definition) is 3. The number of nitrogens with zero attached hydrogens (tertiary/aromatic N) is 3. The number of phenols is 1. The average Bonchev–Trinajstić information content (AvgIpc) is 3.52. The number of nitrogens with one attached hydrogen (secondary N) is 2. The second kappa shape index (κ2) is 12.3. The van der Waals surface area contributed by atoms with Crippen molar-refractivity contribution < 1.29 is 51.6 Å². The third kappa shape index (κ3) is 5.45. The highest BCUT2D eigenvalue weighted by Gasteiger charge is 2.57. The number of carbonyl (C=O) groups excluding carboxylic acids is 3. The van der Waals surface area contributed by atoms with Gasteiger partial charge in [0.2, 0.25) is 12.7 Å². The van der Waals surface area contributed by atoms with Gasteiger partial charge in [-0.05, 0) is 51.8 Å². The van der Waals surface area contributed by atoms with E-state index >= 15 is 0 Å². The molecular formula is C33H36F3N5O8. The summed E-state index contributed by atoms with van der Waals surface area (Å²) >= 11 is 0. The molecule has 0 spiro atoms. The Kier molecular flexibility index (Phi) is 8.56. The van der Waals surface area contributed by atoms with E-state index in [9.17, 15) is 37.9 Å². The van der Waals surface area contributed by atoms with Crippen LogP contribution in [0.5, 0.6) is 28.7 Å². The van der Waals surface area contributed by atoms with E-state index in [1.807, 2.05) is 29.8 Å². The van der Waals surface area contributed by atoms with Gasteiger partial charge in [0, 0.05) is 47.8 Å². The molecule has 1 unspecified atom stereocenters. The Bertz CT molecular complexity index is 1790. The van der Waals surface area contributed by atoms with Crippen molar-refractivity contribution in [1.29, 1.82) is 5.26 Å². The van der Waals surface area contributed by atoms with Gasteiger partial charge in [-0.2, -0.15) is 18.4 Å². The summed E-state index contributed by atoms with van der Waals surface area (Å²) in [4.78, 5) is 41.2. The van der Waals surface area contributed by atoms with Crippen molar-refractivity contribution in [3.05, 3.63) is 39.4 Å². The van der Waals surface area contributed by atoms with Crippen LogP contribution in [0.1, 0.15) is 59.3 Å². The van der Waals surface area contributed by atoms with Crippen molar-refractivity contribution in [2.75, 3.05) is 27.5 Å². The number of nitriles is 1. The second-order valence-electron chi connectivity index (χ2n) is 12.8. The zero-order valence-corrected chi connectivity index (χ0v) is 27.7.